The van der Waals surface area contributed by atoms with Gasteiger partial charge < -0.3 is 4.74 Å². The first-order chi connectivity index (χ1) is 11.1. The van der Waals surface area contributed by atoms with E-state index in [0.717, 1.165) is 5.56 Å². The van der Waals surface area contributed by atoms with Crippen LogP contribution in [-0.2, 0) is 9.53 Å². The van der Waals surface area contributed by atoms with Crippen LogP contribution in [0.15, 0.2) is 54.8 Å². The molecule has 0 aromatic heterocycles. The average molecular weight is 307 g/mol. The molecule has 0 saturated heterocycles. The van der Waals surface area contributed by atoms with Crippen LogP contribution in [0.1, 0.15) is 28.4 Å². The highest BCUT2D eigenvalue weighted by Gasteiger charge is 2.36. The van der Waals surface area contributed by atoms with Crippen molar-refractivity contribution >= 4 is 23.1 Å². The van der Waals surface area contributed by atoms with Crippen LogP contribution in [0.25, 0.3) is 5.57 Å². The summed E-state index contributed by atoms with van der Waals surface area (Å²) in [5, 5.41) is 0. The maximum absolute atomic E-state index is 12.9. The maximum atomic E-state index is 12.9. The number of carbonyl (C=O) groups excluding carboxylic acids is 2. The number of rotatable bonds is 3. The van der Waals surface area contributed by atoms with Crippen molar-refractivity contribution in [2.45, 2.75) is 13.8 Å². The summed E-state index contributed by atoms with van der Waals surface area (Å²) in [7, 11) is 0. The summed E-state index contributed by atoms with van der Waals surface area (Å²) in [5.41, 5.74) is 2.97. The highest BCUT2D eigenvalue weighted by molar-refractivity contribution is 6.41. The number of carbonyl (C=O) groups is 2. The van der Waals surface area contributed by atoms with Gasteiger partial charge in [-0.3, -0.25) is 9.59 Å². The Morgan fingerprint density at radius 1 is 0.957 bits per heavy atom. The molecule has 4 nitrogen and oxygen atoms in total. The number of ether oxygens (including phenoxy) is 1. The fraction of sp³-hybridized carbons (Fsp3) is 0.158. The largest absolute Gasteiger partial charge is 0.501 e. The van der Waals surface area contributed by atoms with Crippen molar-refractivity contribution in [3.05, 3.63) is 71.5 Å². The average Bonchev–Trinajstić information content (AvgIpc) is 2.57. The van der Waals surface area contributed by atoms with E-state index < -0.39 is 0 Å². The molecule has 1 heterocycles. The molecule has 0 atom stereocenters. The normalized spacial score (nSPS) is 15.7. The lowest BCUT2D eigenvalue weighted by Crippen LogP contribution is -2.42. The van der Waals surface area contributed by atoms with Crippen LogP contribution < -0.4 is 4.90 Å². The lowest BCUT2D eigenvalue weighted by molar-refractivity contribution is -0.113. The van der Waals surface area contributed by atoms with Gasteiger partial charge in [0.05, 0.1) is 24.1 Å². The molecule has 4 heteroatoms. The first-order valence-electron chi connectivity index (χ1n) is 7.50. The van der Waals surface area contributed by atoms with Gasteiger partial charge in [0.2, 0.25) is 0 Å². The van der Waals surface area contributed by atoms with Gasteiger partial charge in [0.15, 0.2) is 0 Å². The van der Waals surface area contributed by atoms with E-state index in [-0.39, 0.29) is 11.8 Å². The second-order valence-electron chi connectivity index (χ2n) is 5.26. The summed E-state index contributed by atoms with van der Waals surface area (Å²) in [4.78, 5) is 27.0. The molecule has 0 radical (unpaired) electrons. The predicted molar refractivity (Wildman–Crippen MR) is 89.0 cm³/mol. The summed E-state index contributed by atoms with van der Waals surface area (Å²) in [6.45, 7) is 4.18. The van der Waals surface area contributed by atoms with Gasteiger partial charge in [-0.2, -0.15) is 0 Å². The highest BCUT2D eigenvalue weighted by atomic mass is 16.5. The molecule has 23 heavy (non-hydrogen) atoms. The quantitative estimate of drug-likeness (QED) is 0.495. The molecule has 0 aliphatic carbocycles. The summed E-state index contributed by atoms with van der Waals surface area (Å²) >= 11 is 0. The van der Waals surface area contributed by atoms with Gasteiger partial charge in [-0.15, -0.1) is 0 Å². The Morgan fingerprint density at radius 2 is 1.61 bits per heavy atom. The molecule has 0 bridgehead atoms. The molecular weight excluding hydrogens is 290 g/mol. The van der Waals surface area contributed by atoms with E-state index in [1.54, 1.807) is 24.3 Å². The summed E-state index contributed by atoms with van der Waals surface area (Å²) in [6.07, 6.45) is 1.44. The minimum absolute atomic E-state index is 0.312. The zero-order valence-electron chi connectivity index (χ0n) is 13.1. The monoisotopic (exact) mass is 307 g/mol. The van der Waals surface area contributed by atoms with Gasteiger partial charge in [-0.25, -0.2) is 4.90 Å². The van der Waals surface area contributed by atoms with E-state index in [1.165, 1.54) is 11.2 Å². The van der Waals surface area contributed by atoms with Crippen LogP contribution in [0.5, 0.6) is 0 Å². The molecule has 2 aromatic rings. The Morgan fingerprint density at radius 3 is 2.30 bits per heavy atom. The Kier molecular flexibility index (Phi) is 3.98. The Hall–Kier alpha value is -2.88. The van der Waals surface area contributed by atoms with Gasteiger partial charge in [0.25, 0.3) is 11.8 Å². The second kappa shape index (κ2) is 6.08. The standard InChI is InChI=1S/C19H17NO3/c1-3-23-12-16-14-9-5-6-10-15(14)18(21)20(19(16)22)17-11-7-4-8-13(17)2/h4-12H,3H2,1-2H3. The third-order valence-electron chi connectivity index (χ3n) is 3.81. The van der Waals surface area contributed by atoms with Crippen LogP contribution in [0, 0.1) is 6.92 Å². The van der Waals surface area contributed by atoms with Crippen molar-refractivity contribution in [2.75, 3.05) is 11.5 Å². The fourth-order valence-electron chi connectivity index (χ4n) is 2.67. The van der Waals surface area contributed by atoms with Crippen LogP contribution >= 0.6 is 0 Å². The maximum Gasteiger partial charge on any atom is 0.269 e. The van der Waals surface area contributed by atoms with Crippen LogP contribution in [-0.4, -0.2) is 18.4 Å². The SMILES string of the molecule is CCOC=C1C(=O)N(c2ccccc2C)C(=O)c2ccccc21. The van der Waals surface area contributed by atoms with Crippen molar-refractivity contribution in [1.29, 1.82) is 0 Å². The number of para-hydroxylation sites is 1. The summed E-state index contributed by atoms with van der Waals surface area (Å²) < 4.78 is 5.33. The van der Waals surface area contributed by atoms with E-state index in [9.17, 15) is 9.59 Å². The van der Waals surface area contributed by atoms with Crippen molar-refractivity contribution in [2.24, 2.45) is 0 Å². The smallest absolute Gasteiger partial charge is 0.269 e. The third kappa shape index (κ3) is 2.52. The van der Waals surface area contributed by atoms with Crippen LogP contribution in [0.4, 0.5) is 5.69 Å². The minimum Gasteiger partial charge on any atom is -0.501 e. The Labute approximate surface area is 135 Å². The third-order valence-corrected chi connectivity index (χ3v) is 3.81. The summed E-state index contributed by atoms with van der Waals surface area (Å²) in [5.74, 6) is -0.676. The molecule has 116 valence electrons. The topological polar surface area (TPSA) is 46.6 Å². The highest BCUT2D eigenvalue weighted by Crippen LogP contribution is 2.33. The van der Waals surface area contributed by atoms with Gasteiger partial charge in [-0.1, -0.05) is 36.4 Å². The number of hydrogen-bond donors (Lipinski definition) is 0. The van der Waals surface area contributed by atoms with Gasteiger partial charge >= 0.3 is 0 Å². The molecule has 0 fully saturated rings. The molecule has 0 spiro atoms. The van der Waals surface area contributed by atoms with Crippen molar-refractivity contribution in [1.82, 2.24) is 0 Å². The van der Waals surface area contributed by atoms with Crippen molar-refractivity contribution in [3.63, 3.8) is 0 Å². The van der Waals surface area contributed by atoms with Gasteiger partial charge in [-0.05, 0) is 31.5 Å². The zero-order chi connectivity index (χ0) is 16.4. The Balaban J connectivity index is 2.19. The molecule has 3 rings (SSSR count). The number of hydrogen-bond acceptors (Lipinski definition) is 3. The number of aryl methyl sites for hydroxylation is 1. The van der Waals surface area contributed by atoms with E-state index in [4.69, 9.17) is 4.74 Å². The zero-order valence-corrected chi connectivity index (χ0v) is 13.1. The molecule has 2 amide bonds. The number of imide groups is 1. The lowest BCUT2D eigenvalue weighted by atomic mass is 9.93. The van der Waals surface area contributed by atoms with Gasteiger partial charge in [0.1, 0.15) is 0 Å². The fourth-order valence-corrected chi connectivity index (χ4v) is 2.67. The molecule has 1 aliphatic heterocycles. The number of anilines is 1. The number of nitrogens with zero attached hydrogens (tertiary/aromatic N) is 1. The lowest BCUT2D eigenvalue weighted by Gasteiger charge is -2.29. The molecule has 0 saturated carbocycles. The number of benzene rings is 2. The molecular formula is C19H17NO3. The first kappa shape index (κ1) is 15.0. The predicted octanol–water partition coefficient (Wildman–Crippen LogP) is 3.56. The summed E-state index contributed by atoms with van der Waals surface area (Å²) in [6, 6.07) is 14.4. The van der Waals surface area contributed by atoms with Crippen molar-refractivity contribution in [3.8, 4) is 0 Å². The molecule has 2 aromatic carbocycles. The Bertz CT molecular complexity index is 808. The van der Waals surface area contributed by atoms with Crippen molar-refractivity contribution < 1.29 is 14.3 Å². The van der Waals surface area contributed by atoms with E-state index in [2.05, 4.69) is 0 Å². The van der Waals surface area contributed by atoms with Crippen LogP contribution in [0.3, 0.4) is 0 Å². The van der Waals surface area contributed by atoms with E-state index in [1.807, 2.05) is 38.1 Å². The van der Waals surface area contributed by atoms with Gasteiger partial charge in [0, 0.05) is 11.1 Å². The molecule has 0 unspecified atom stereocenters. The second-order valence-corrected chi connectivity index (χ2v) is 5.26. The van der Waals surface area contributed by atoms with E-state index >= 15 is 0 Å². The minimum atomic E-state index is -0.364. The molecule has 1 aliphatic rings. The van der Waals surface area contributed by atoms with E-state index in [0.29, 0.717) is 29.0 Å². The van der Waals surface area contributed by atoms with Crippen LogP contribution in [0.2, 0.25) is 0 Å². The molecule has 0 N–H and O–H groups in total. The first-order valence-corrected chi connectivity index (χ1v) is 7.50. The number of fused-ring (bicyclic) bond motifs is 1. The number of amides is 2.